The highest BCUT2D eigenvalue weighted by atomic mass is 16.5. The standard InChI is InChI=1S/C34H51N3O7/c1-5-36(6-2)33(38)25-44-32-22-35-21-31(34(32)28-11-8-26(9-12-28)23-41-19-18-40-4)43-24-27-10-13-30-29(20-27)37(15-17-42-30)14-7-16-39-3/h8-13,20,31-32,34-35H,5-7,14-19,21-25H2,1-4H3/t31-,32+,34+/m0/s1. The van der Waals surface area contributed by atoms with Crippen LogP contribution in [-0.2, 0) is 41.7 Å². The zero-order chi connectivity index (χ0) is 31.1. The molecule has 2 aromatic carbocycles. The Balaban J connectivity index is 1.48. The highest BCUT2D eigenvalue weighted by Crippen LogP contribution is 2.34. The fraction of sp³-hybridized carbons (Fsp3) is 0.618. The van der Waals surface area contributed by atoms with Crippen LogP contribution in [0, 0.1) is 0 Å². The summed E-state index contributed by atoms with van der Waals surface area (Å²) in [5.74, 6) is 0.870. The topological polar surface area (TPSA) is 91.0 Å². The molecule has 0 unspecified atom stereocenters. The van der Waals surface area contributed by atoms with E-state index in [4.69, 9.17) is 28.4 Å². The van der Waals surface area contributed by atoms with Crippen LogP contribution in [0.4, 0.5) is 5.69 Å². The molecule has 44 heavy (non-hydrogen) atoms. The average Bonchev–Trinajstić information content (AvgIpc) is 3.06. The van der Waals surface area contributed by atoms with E-state index in [2.05, 4.69) is 46.6 Å². The lowest BCUT2D eigenvalue weighted by Gasteiger charge is -2.39. The lowest BCUT2D eigenvalue weighted by molar-refractivity contribution is -0.140. The Morgan fingerprint density at radius 2 is 1.66 bits per heavy atom. The molecule has 4 rings (SSSR count). The van der Waals surface area contributed by atoms with Crippen molar-refractivity contribution in [2.24, 2.45) is 0 Å². The van der Waals surface area contributed by atoms with Crippen LogP contribution in [0.1, 0.15) is 42.9 Å². The van der Waals surface area contributed by atoms with E-state index >= 15 is 0 Å². The Hall–Kier alpha value is -2.73. The molecule has 1 fully saturated rings. The summed E-state index contributed by atoms with van der Waals surface area (Å²) < 4.78 is 35.0. The summed E-state index contributed by atoms with van der Waals surface area (Å²) in [5.41, 5.74) is 4.41. The lowest BCUT2D eigenvalue weighted by Crippen LogP contribution is -2.51. The molecule has 2 heterocycles. The first-order valence-electron chi connectivity index (χ1n) is 15.9. The predicted octanol–water partition coefficient (Wildman–Crippen LogP) is 3.61. The van der Waals surface area contributed by atoms with Crippen LogP contribution in [0.15, 0.2) is 42.5 Å². The third-order valence-corrected chi connectivity index (χ3v) is 8.32. The van der Waals surface area contributed by atoms with Crippen LogP contribution in [0.25, 0.3) is 0 Å². The van der Waals surface area contributed by atoms with Gasteiger partial charge in [-0.25, -0.2) is 0 Å². The molecule has 1 saturated heterocycles. The maximum absolute atomic E-state index is 12.8. The van der Waals surface area contributed by atoms with Gasteiger partial charge < -0.3 is 43.5 Å². The van der Waals surface area contributed by atoms with Crippen molar-refractivity contribution in [1.82, 2.24) is 10.2 Å². The number of nitrogens with zero attached hydrogens (tertiary/aromatic N) is 2. The number of hydrogen-bond donors (Lipinski definition) is 1. The molecule has 2 aliphatic heterocycles. The number of benzene rings is 2. The highest BCUT2D eigenvalue weighted by Gasteiger charge is 2.36. The average molecular weight is 614 g/mol. The van der Waals surface area contributed by atoms with Crippen molar-refractivity contribution in [2.45, 2.75) is 51.6 Å². The highest BCUT2D eigenvalue weighted by molar-refractivity contribution is 5.77. The number of methoxy groups -OCH3 is 2. The zero-order valence-corrected chi connectivity index (χ0v) is 26.9. The van der Waals surface area contributed by atoms with Crippen molar-refractivity contribution in [3.8, 4) is 5.75 Å². The molecule has 0 spiro atoms. The number of fused-ring (bicyclic) bond motifs is 1. The molecule has 0 aliphatic carbocycles. The summed E-state index contributed by atoms with van der Waals surface area (Å²) in [6.45, 7) is 12.0. The largest absolute Gasteiger partial charge is 0.490 e. The van der Waals surface area contributed by atoms with Gasteiger partial charge in [-0.3, -0.25) is 4.79 Å². The van der Waals surface area contributed by atoms with Gasteiger partial charge in [0.2, 0.25) is 5.91 Å². The number of carbonyl (C=O) groups excluding carboxylic acids is 1. The van der Waals surface area contributed by atoms with E-state index in [-0.39, 0.29) is 30.6 Å². The Morgan fingerprint density at radius 3 is 2.39 bits per heavy atom. The van der Waals surface area contributed by atoms with Crippen molar-refractivity contribution in [3.63, 3.8) is 0 Å². The third kappa shape index (κ3) is 9.63. The summed E-state index contributed by atoms with van der Waals surface area (Å²) in [5, 5.41) is 3.49. The minimum absolute atomic E-state index is 0.00618. The first kappa shape index (κ1) is 34.1. The van der Waals surface area contributed by atoms with Crippen molar-refractivity contribution in [3.05, 3.63) is 59.2 Å². The second-order valence-electron chi connectivity index (χ2n) is 11.2. The van der Waals surface area contributed by atoms with Gasteiger partial charge in [-0.1, -0.05) is 30.3 Å². The van der Waals surface area contributed by atoms with Crippen LogP contribution < -0.4 is 15.0 Å². The maximum atomic E-state index is 12.8. The number of ether oxygens (including phenoxy) is 6. The number of carbonyl (C=O) groups is 1. The molecule has 0 aromatic heterocycles. The first-order valence-corrected chi connectivity index (χ1v) is 15.9. The van der Waals surface area contributed by atoms with Crippen molar-refractivity contribution in [2.75, 3.05) is 91.4 Å². The quantitative estimate of drug-likeness (QED) is 0.253. The number of amides is 1. The molecular formula is C34H51N3O7. The number of piperidine rings is 1. The predicted molar refractivity (Wildman–Crippen MR) is 170 cm³/mol. The molecule has 244 valence electrons. The van der Waals surface area contributed by atoms with Crippen molar-refractivity contribution >= 4 is 11.6 Å². The van der Waals surface area contributed by atoms with E-state index < -0.39 is 0 Å². The molecule has 10 nitrogen and oxygen atoms in total. The van der Waals surface area contributed by atoms with Crippen LogP contribution in [0.3, 0.4) is 0 Å². The molecule has 10 heteroatoms. The monoisotopic (exact) mass is 613 g/mol. The molecule has 3 atom stereocenters. The fourth-order valence-electron chi connectivity index (χ4n) is 5.87. The summed E-state index contributed by atoms with van der Waals surface area (Å²) in [4.78, 5) is 17.0. The van der Waals surface area contributed by atoms with E-state index in [0.29, 0.717) is 59.2 Å². The van der Waals surface area contributed by atoms with Crippen LogP contribution in [0.5, 0.6) is 5.75 Å². The smallest absolute Gasteiger partial charge is 0.248 e. The minimum atomic E-state index is -0.217. The molecule has 2 aromatic rings. The Bertz CT molecular complexity index is 1130. The summed E-state index contributed by atoms with van der Waals surface area (Å²) in [7, 11) is 3.41. The summed E-state index contributed by atoms with van der Waals surface area (Å²) >= 11 is 0. The molecule has 2 aliphatic rings. The Labute approximate surface area is 262 Å². The second kappa shape index (κ2) is 18.3. The van der Waals surface area contributed by atoms with E-state index in [0.717, 1.165) is 54.2 Å². The third-order valence-electron chi connectivity index (χ3n) is 8.32. The fourth-order valence-corrected chi connectivity index (χ4v) is 5.87. The molecule has 1 N–H and O–H groups in total. The van der Waals surface area contributed by atoms with Gasteiger partial charge in [-0.05, 0) is 49.1 Å². The van der Waals surface area contributed by atoms with Gasteiger partial charge in [-0.2, -0.15) is 0 Å². The van der Waals surface area contributed by atoms with Crippen LogP contribution in [-0.4, -0.2) is 110 Å². The normalized spacial score (nSPS) is 19.8. The van der Waals surface area contributed by atoms with Crippen molar-refractivity contribution < 1.29 is 33.2 Å². The van der Waals surface area contributed by atoms with Gasteiger partial charge in [-0.15, -0.1) is 0 Å². The molecule has 0 saturated carbocycles. The number of anilines is 1. The summed E-state index contributed by atoms with van der Waals surface area (Å²) in [6, 6.07) is 14.8. The van der Waals surface area contributed by atoms with Gasteiger partial charge in [0.05, 0.1) is 50.9 Å². The number of rotatable bonds is 18. The minimum Gasteiger partial charge on any atom is -0.490 e. The van der Waals surface area contributed by atoms with E-state index in [1.165, 1.54) is 0 Å². The first-order chi connectivity index (χ1) is 21.6. The van der Waals surface area contributed by atoms with E-state index in [9.17, 15) is 4.79 Å². The Kier molecular flexibility index (Phi) is 14.2. The maximum Gasteiger partial charge on any atom is 0.248 e. The van der Waals surface area contributed by atoms with Gasteiger partial charge in [0.15, 0.2) is 0 Å². The van der Waals surface area contributed by atoms with Gasteiger partial charge in [0.1, 0.15) is 19.0 Å². The SMILES string of the molecule is CCN(CC)C(=O)CO[C@@H]1CNC[C@H](OCc2ccc3c(c2)N(CCCOC)CCO3)[C@H]1c1ccc(COCCOC)cc1. The van der Waals surface area contributed by atoms with Crippen LogP contribution in [0.2, 0.25) is 0 Å². The number of likely N-dealkylation sites (N-methyl/N-ethyl adjacent to an activating group) is 1. The van der Waals surface area contributed by atoms with E-state index in [1.54, 1.807) is 19.1 Å². The van der Waals surface area contributed by atoms with Gasteiger partial charge in [0, 0.05) is 59.5 Å². The molecule has 0 radical (unpaired) electrons. The second-order valence-corrected chi connectivity index (χ2v) is 11.2. The van der Waals surface area contributed by atoms with Crippen molar-refractivity contribution in [1.29, 1.82) is 0 Å². The Morgan fingerprint density at radius 1 is 0.932 bits per heavy atom. The van der Waals surface area contributed by atoms with Gasteiger partial charge in [0.25, 0.3) is 0 Å². The zero-order valence-electron chi connectivity index (χ0n) is 26.9. The molecule has 0 bridgehead atoms. The molecule has 1 amide bonds. The van der Waals surface area contributed by atoms with E-state index in [1.807, 2.05) is 19.9 Å². The lowest BCUT2D eigenvalue weighted by atomic mass is 9.85. The van der Waals surface area contributed by atoms with Gasteiger partial charge >= 0.3 is 0 Å². The number of hydrogen-bond acceptors (Lipinski definition) is 9. The number of nitrogens with one attached hydrogen (secondary N) is 1. The molecular weight excluding hydrogens is 562 g/mol. The summed E-state index contributed by atoms with van der Waals surface area (Å²) in [6.07, 6.45) is 0.596. The van der Waals surface area contributed by atoms with Crippen LogP contribution >= 0.6 is 0 Å².